The Morgan fingerprint density at radius 1 is 0.926 bits per heavy atom. The highest BCUT2D eigenvalue weighted by molar-refractivity contribution is 5.71. The molecule has 372 valence electrons. The normalized spacial score (nSPS) is 29.8. The Hall–Kier alpha value is -4.55. The maximum absolute atomic E-state index is 13.4. The minimum atomic E-state index is -1.23. The fourth-order valence-electron chi connectivity index (χ4n) is 12.8. The highest BCUT2D eigenvalue weighted by Crippen LogP contribution is 2.56. The Morgan fingerprint density at radius 2 is 1.69 bits per heavy atom. The van der Waals surface area contributed by atoms with Gasteiger partial charge in [0.05, 0.1) is 29.5 Å². The zero-order valence-electron chi connectivity index (χ0n) is 41.2. The predicted octanol–water partition coefficient (Wildman–Crippen LogP) is 9.76. The van der Waals surface area contributed by atoms with Gasteiger partial charge in [0.1, 0.15) is 11.5 Å². The van der Waals surface area contributed by atoms with Gasteiger partial charge in [0.15, 0.2) is 0 Å². The number of carboxylic acids is 1. The second-order valence-electron chi connectivity index (χ2n) is 21.5. The number of carbonyl (C=O) groups is 1. The van der Waals surface area contributed by atoms with Crippen LogP contribution in [0.15, 0.2) is 84.2 Å². The molecule has 7 rings (SSSR count). The van der Waals surface area contributed by atoms with Crippen LogP contribution in [0.1, 0.15) is 151 Å². The van der Waals surface area contributed by atoms with Crippen LogP contribution in [0.4, 0.5) is 0 Å². The van der Waals surface area contributed by atoms with Gasteiger partial charge in [-0.3, -0.25) is 4.79 Å². The molecule has 0 bridgehead atoms. The average Bonchev–Trinajstić information content (AvgIpc) is 3.91. The van der Waals surface area contributed by atoms with E-state index in [4.69, 9.17) is 5.73 Å². The molecule has 0 radical (unpaired) electrons. The van der Waals surface area contributed by atoms with Crippen molar-refractivity contribution in [2.24, 2.45) is 47.2 Å². The molecular weight excluding hydrogens is 853 g/mol. The van der Waals surface area contributed by atoms with Crippen LogP contribution in [0, 0.1) is 41.4 Å². The first-order valence-electron chi connectivity index (χ1n) is 26.0. The molecule has 2 saturated carbocycles. The van der Waals surface area contributed by atoms with Gasteiger partial charge in [-0.2, -0.15) is 0 Å². The second kappa shape index (κ2) is 23.4. The van der Waals surface area contributed by atoms with Gasteiger partial charge in [0, 0.05) is 65.8 Å². The Balaban J connectivity index is 1.20. The Morgan fingerprint density at radius 3 is 2.40 bits per heavy atom. The van der Waals surface area contributed by atoms with Crippen molar-refractivity contribution in [1.82, 2.24) is 15.6 Å². The number of hydrogen-bond donors (Lipinski definition) is 10. The number of aromatic amines is 1. The van der Waals surface area contributed by atoms with E-state index in [0.29, 0.717) is 74.0 Å². The molecule has 1 aliphatic heterocycles. The average molecular weight is 935 g/mol. The molecular formula is C57H82N4O7. The zero-order valence-corrected chi connectivity index (χ0v) is 41.2. The standard InChI is InChI=1S/C57H82N4O7/c1-5-6-7-10-36-15-18-41(51(63)28-36)11-8-9-12-42-19-20-45(49-21-22-50(61-49)46-31-44(62)32-52(64)47(46)26-37-13-16-40(17-14-37)35(2)3)48-27-39(25-38-23-24-60-54(58)29-38)33-57(48,68)43(34-59-4)30-53(65)55(42)56(66)67/h13-18,21-23,29,31-32,35-36,39,41-43,45,48,51,53,55,59-65,68H,5-12,19-20,24-28,30,33-34,58H2,1-4H3,(H,66,67)/t36-,39-,41-,42-,43-,45+,48+,51+,53+,55-,57+/m1/s1. The first-order valence-corrected chi connectivity index (χ1v) is 26.0. The molecule has 2 heterocycles. The van der Waals surface area contributed by atoms with Crippen LogP contribution in [0.2, 0.25) is 0 Å². The van der Waals surface area contributed by atoms with Gasteiger partial charge >= 0.3 is 5.97 Å². The van der Waals surface area contributed by atoms with Crippen LogP contribution < -0.4 is 16.4 Å². The van der Waals surface area contributed by atoms with E-state index in [0.717, 1.165) is 67.5 Å². The topological polar surface area (TPSA) is 204 Å². The summed E-state index contributed by atoms with van der Waals surface area (Å²) in [7, 11) is 1.85. The summed E-state index contributed by atoms with van der Waals surface area (Å²) in [5.74, 6) is -1.55. The molecule has 68 heavy (non-hydrogen) atoms. The number of rotatable bonds is 19. The van der Waals surface area contributed by atoms with Gasteiger partial charge < -0.3 is 52.0 Å². The van der Waals surface area contributed by atoms with Crippen molar-refractivity contribution in [3.8, 4) is 22.8 Å². The number of aromatic hydroxyl groups is 2. The molecule has 3 aromatic rings. The van der Waals surface area contributed by atoms with Crippen molar-refractivity contribution in [3.63, 3.8) is 0 Å². The number of dihydropyridines is 1. The number of aliphatic carboxylic acids is 1. The van der Waals surface area contributed by atoms with Gasteiger partial charge in [0.2, 0.25) is 0 Å². The van der Waals surface area contributed by atoms with Crippen molar-refractivity contribution < 1.29 is 35.4 Å². The maximum Gasteiger partial charge on any atom is 0.309 e. The number of carboxylic acid groups (broad SMARTS) is 1. The Kier molecular flexibility index (Phi) is 17.6. The molecule has 11 atom stereocenters. The summed E-state index contributed by atoms with van der Waals surface area (Å²) in [6, 6.07) is 15.6. The number of nitrogens with two attached hydrogens (primary N) is 1. The fraction of sp³-hybridized carbons (Fsp3) is 0.596. The third-order valence-electron chi connectivity index (χ3n) is 16.5. The highest BCUT2D eigenvalue weighted by Gasteiger charge is 2.55. The Bertz CT molecular complexity index is 2210. The molecule has 0 unspecified atom stereocenters. The van der Waals surface area contributed by atoms with Crippen LogP contribution in [0.5, 0.6) is 11.5 Å². The summed E-state index contributed by atoms with van der Waals surface area (Å²) in [5, 5.41) is 76.3. The van der Waals surface area contributed by atoms with E-state index in [2.05, 4.69) is 84.9 Å². The lowest BCUT2D eigenvalue weighted by Crippen LogP contribution is -2.51. The van der Waals surface area contributed by atoms with E-state index in [9.17, 15) is 35.4 Å². The van der Waals surface area contributed by atoms with Crippen molar-refractivity contribution in [2.45, 2.75) is 153 Å². The number of aliphatic hydroxyl groups excluding tert-OH is 2. The number of phenolic OH excluding ortho intramolecular Hbond substituents is 2. The number of aromatic nitrogens is 1. The summed E-state index contributed by atoms with van der Waals surface area (Å²) < 4.78 is 0. The molecule has 2 fully saturated rings. The number of benzene rings is 2. The first kappa shape index (κ1) is 51.3. The predicted molar refractivity (Wildman–Crippen MR) is 271 cm³/mol. The summed E-state index contributed by atoms with van der Waals surface area (Å²) in [5.41, 5.74) is 11.4. The van der Waals surface area contributed by atoms with Gasteiger partial charge in [0.25, 0.3) is 0 Å². The lowest BCUT2D eigenvalue weighted by atomic mass is 9.65. The van der Waals surface area contributed by atoms with Crippen LogP contribution in [-0.2, 0) is 11.2 Å². The van der Waals surface area contributed by atoms with Gasteiger partial charge in [-0.25, -0.2) is 0 Å². The number of nitrogens with one attached hydrogen (secondary N) is 3. The zero-order chi connectivity index (χ0) is 48.5. The minimum Gasteiger partial charge on any atom is -0.508 e. The number of unbranched alkanes of at least 4 members (excludes halogenated alkanes) is 3. The summed E-state index contributed by atoms with van der Waals surface area (Å²) in [4.78, 5) is 17.1. The summed E-state index contributed by atoms with van der Waals surface area (Å²) >= 11 is 0. The summed E-state index contributed by atoms with van der Waals surface area (Å²) in [6.07, 6.45) is 19.5. The van der Waals surface area contributed by atoms with Crippen molar-refractivity contribution >= 4 is 5.97 Å². The monoisotopic (exact) mass is 935 g/mol. The SMILES string of the molecule is CCCCC[C@@H]1C=C[C@@H](CCCC[C@@H]2CC[C@H](c3ccc(-c4cc(O)cc(O)c4Cc4ccc(C(C)C)cc4)[nH]3)[C@@H]3C[C@@H](CC4=CCNC(N)=C4)C[C@]3(O)[C@@H](CNC)C[C@H](O)[C@@H]2C(=O)O)[C@@H](O)C1. The molecule has 11 N–H and O–H groups in total. The summed E-state index contributed by atoms with van der Waals surface area (Å²) in [6.45, 7) is 7.59. The van der Waals surface area contributed by atoms with Crippen LogP contribution in [0.3, 0.4) is 0 Å². The number of aliphatic hydroxyl groups is 3. The van der Waals surface area contributed by atoms with Gasteiger partial charge in [-0.15, -0.1) is 0 Å². The van der Waals surface area contributed by atoms with Crippen molar-refractivity contribution in [2.75, 3.05) is 20.1 Å². The molecule has 11 nitrogen and oxygen atoms in total. The molecule has 0 saturated heterocycles. The maximum atomic E-state index is 13.4. The molecule has 2 aromatic carbocycles. The molecule has 11 heteroatoms. The second-order valence-corrected chi connectivity index (χ2v) is 21.5. The quantitative estimate of drug-likeness (QED) is 0.0407. The number of H-pyrrole nitrogens is 1. The number of fused-ring (bicyclic) bond motifs is 1. The van der Waals surface area contributed by atoms with Gasteiger partial charge in [-0.05, 0) is 142 Å². The highest BCUT2D eigenvalue weighted by atomic mass is 16.4. The van der Waals surface area contributed by atoms with E-state index in [1.54, 1.807) is 6.07 Å². The third-order valence-corrected chi connectivity index (χ3v) is 16.5. The molecule has 1 aromatic heterocycles. The van der Waals surface area contributed by atoms with E-state index in [-0.39, 0.29) is 53.6 Å². The van der Waals surface area contributed by atoms with E-state index >= 15 is 0 Å². The van der Waals surface area contributed by atoms with Crippen LogP contribution >= 0.6 is 0 Å². The lowest BCUT2D eigenvalue weighted by molar-refractivity contribution is -0.152. The molecule has 0 spiro atoms. The number of hydrogen-bond acceptors (Lipinski definition) is 9. The van der Waals surface area contributed by atoms with Crippen molar-refractivity contribution in [3.05, 3.63) is 107 Å². The van der Waals surface area contributed by atoms with Crippen LogP contribution in [-0.4, -0.2) is 79.5 Å². The van der Waals surface area contributed by atoms with Gasteiger partial charge in [-0.1, -0.05) is 95.4 Å². The van der Waals surface area contributed by atoms with Crippen molar-refractivity contribution in [1.29, 1.82) is 0 Å². The van der Waals surface area contributed by atoms with E-state index in [1.165, 1.54) is 30.9 Å². The third kappa shape index (κ3) is 12.4. The smallest absolute Gasteiger partial charge is 0.309 e. The fourth-order valence-corrected chi connectivity index (χ4v) is 12.8. The first-order chi connectivity index (χ1) is 32.7. The molecule has 0 amide bonds. The van der Waals surface area contributed by atoms with Crippen LogP contribution in [0.25, 0.3) is 11.3 Å². The molecule has 3 aliphatic carbocycles. The number of phenols is 2. The number of allylic oxidation sites excluding steroid dienone is 3. The molecule has 4 aliphatic rings. The minimum absolute atomic E-state index is 0.00864. The van der Waals surface area contributed by atoms with E-state index in [1.807, 2.05) is 19.2 Å². The largest absolute Gasteiger partial charge is 0.508 e. The van der Waals surface area contributed by atoms with E-state index < -0.39 is 29.5 Å². The lowest BCUT2D eigenvalue weighted by Gasteiger charge is -2.44. The Labute approximate surface area is 405 Å².